The van der Waals surface area contributed by atoms with Gasteiger partial charge < -0.3 is 20.1 Å². The number of unbranched alkanes of at least 4 members (excludes halogenated alkanes) is 19. The lowest BCUT2D eigenvalue weighted by Crippen LogP contribution is -2.28. The van der Waals surface area contributed by atoms with Gasteiger partial charge in [0.15, 0.2) is 0 Å². The van der Waals surface area contributed by atoms with Crippen LogP contribution in [0.5, 0.6) is 0 Å². The molecule has 0 radical (unpaired) electrons. The van der Waals surface area contributed by atoms with Crippen molar-refractivity contribution in [1.29, 1.82) is 0 Å². The van der Waals surface area contributed by atoms with Gasteiger partial charge in [-0.3, -0.25) is 13.8 Å². The van der Waals surface area contributed by atoms with E-state index in [9.17, 15) is 14.3 Å². The highest BCUT2D eigenvalue weighted by Crippen LogP contribution is 2.43. The van der Waals surface area contributed by atoms with Crippen molar-refractivity contribution in [2.24, 2.45) is 5.73 Å². The van der Waals surface area contributed by atoms with Crippen molar-refractivity contribution >= 4 is 13.8 Å². The summed E-state index contributed by atoms with van der Waals surface area (Å²) in [5, 5.41) is 0. The number of allylic oxidation sites excluding steroid dienone is 4. The molecule has 3 N–H and O–H groups in total. The predicted octanol–water partition coefficient (Wildman–Crippen LogP) is 10.5. The number of carbonyl (C=O) groups is 1. The van der Waals surface area contributed by atoms with Crippen LogP contribution in [0.3, 0.4) is 0 Å². The standard InChI is InChI=1S/C37H72NO7P/c1-3-5-7-9-11-13-14-15-16-17-18-19-20-21-22-23-25-27-29-32-42-34-36(35-44-46(40,41)43-33-31-38)45-37(39)30-28-26-24-12-10-8-6-4-2/h13-14,16-17,36H,3-12,15,18-35,38H2,1-2H3,(H,40,41)/b14-13-,17-16-. The minimum atomic E-state index is -4.26. The molecular weight excluding hydrogens is 601 g/mol. The topological polar surface area (TPSA) is 117 Å². The Kier molecular flexibility index (Phi) is 34.5. The van der Waals surface area contributed by atoms with Crippen molar-refractivity contribution in [2.75, 3.05) is 33.0 Å². The molecule has 0 amide bonds. The summed E-state index contributed by atoms with van der Waals surface area (Å²) in [6.07, 6.45) is 36.3. The van der Waals surface area contributed by atoms with Gasteiger partial charge in [-0.15, -0.1) is 0 Å². The first kappa shape index (κ1) is 45.0. The SMILES string of the molecule is CCCCCC/C=C\C/C=C\CCCCCCCCCCOCC(COP(=O)(O)OCCN)OC(=O)CCCCCCCCCC. The van der Waals surface area contributed by atoms with E-state index in [2.05, 4.69) is 38.2 Å². The first-order valence-electron chi connectivity index (χ1n) is 18.8. The molecule has 46 heavy (non-hydrogen) atoms. The number of carbonyl (C=O) groups excluding carboxylic acids is 1. The van der Waals surface area contributed by atoms with Gasteiger partial charge in [-0.25, -0.2) is 4.57 Å². The van der Waals surface area contributed by atoms with Crippen molar-refractivity contribution in [3.63, 3.8) is 0 Å². The largest absolute Gasteiger partial charge is 0.472 e. The third-order valence-electron chi connectivity index (χ3n) is 7.87. The Morgan fingerprint density at radius 1 is 0.652 bits per heavy atom. The number of ether oxygens (including phenoxy) is 2. The highest BCUT2D eigenvalue weighted by atomic mass is 31.2. The molecule has 0 fully saturated rings. The monoisotopic (exact) mass is 674 g/mol. The fraction of sp³-hybridized carbons (Fsp3) is 0.865. The summed E-state index contributed by atoms with van der Waals surface area (Å²) < 4.78 is 33.2. The normalized spacial score (nSPS) is 13.9. The van der Waals surface area contributed by atoms with Gasteiger partial charge in [0.1, 0.15) is 6.10 Å². The van der Waals surface area contributed by atoms with Gasteiger partial charge in [-0.2, -0.15) is 0 Å². The molecular formula is C37H72NO7P. The lowest BCUT2D eigenvalue weighted by Gasteiger charge is -2.20. The van der Waals surface area contributed by atoms with Crippen LogP contribution in [0, 0.1) is 0 Å². The minimum Gasteiger partial charge on any atom is -0.457 e. The molecule has 0 spiro atoms. The summed E-state index contributed by atoms with van der Waals surface area (Å²) in [5.41, 5.74) is 5.34. The Balaban J connectivity index is 3.99. The van der Waals surface area contributed by atoms with Gasteiger partial charge in [0, 0.05) is 19.6 Å². The third kappa shape index (κ3) is 34.3. The molecule has 272 valence electrons. The molecule has 0 aromatic rings. The Morgan fingerprint density at radius 3 is 1.72 bits per heavy atom. The van der Waals surface area contributed by atoms with E-state index in [1.807, 2.05) is 0 Å². The first-order valence-corrected chi connectivity index (χ1v) is 20.3. The summed E-state index contributed by atoms with van der Waals surface area (Å²) in [7, 11) is -4.26. The summed E-state index contributed by atoms with van der Waals surface area (Å²) >= 11 is 0. The summed E-state index contributed by atoms with van der Waals surface area (Å²) in [4.78, 5) is 22.2. The molecule has 0 saturated carbocycles. The molecule has 0 aliphatic heterocycles. The van der Waals surface area contributed by atoms with Crippen LogP contribution >= 0.6 is 7.82 Å². The van der Waals surface area contributed by atoms with Crippen molar-refractivity contribution < 1.29 is 32.8 Å². The van der Waals surface area contributed by atoms with Crippen LogP contribution in [0.2, 0.25) is 0 Å². The second kappa shape index (κ2) is 35.3. The molecule has 0 heterocycles. The third-order valence-corrected chi connectivity index (χ3v) is 8.86. The number of nitrogens with two attached hydrogens (primary N) is 1. The number of phosphoric acid groups is 1. The fourth-order valence-electron chi connectivity index (χ4n) is 5.08. The zero-order valence-electron chi connectivity index (χ0n) is 29.8. The van der Waals surface area contributed by atoms with Crippen LogP contribution in [-0.4, -0.2) is 49.9 Å². The number of esters is 1. The summed E-state index contributed by atoms with van der Waals surface area (Å²) in [5.74, 6) is -0.337. The smallest absolute Gasteiger partial charge is 0.457 e. The van der Waals surface area contributed by atoms with Crippen LogP contribution in [0.1, 0.15) is 168 Å². The Morgan fingerprint density at radius 2 is 1.15 bits per heavy atom. The van der Waals surface area contributed by atoms with Gasteiger partial charge in [0.25, 0.3) is 0 Å². The lowest BCUT2D eigenvalue weighted by molar-refractivity contribution is -0.154. The van der Waals surface area contributed by atoms with E-state index in [1.165, 1.54) is 109 Å². The molecule has 2 atom stereocenters. The van der Waals surface area contributed by atoms with Crippen LogP contribution in [0.15, 0.2) is 24.3 Å². The number of hydrogen-bond donors (Lipinski definition) is 2. The van der Waals surface area contributed by atoms with E-state index in [0.717, 1.165) is 38.5 Å². The summed E-state index contributed by atoms with van der Waals surface area (Å²) in [6.45, 7) is 4.86. The van der Waals surface area contributed by atoms with Crippen molar-refractivity contribution in [3.05, 3.63) is 24.3 Å². The van der Waals surface area contributed by atoms with Crippen LogP contribution in [0.25, 0.3) is 0 Å². The second-order valence-corrected chi connectivity index (χ2v) is 13.9. The lowest BCUT2D eigenvalue weighted by atomic mass is 10.1. The molecule has 0 aliphatic rings. The Bertz CT molecular complexity index is 762. The molecule has 0 saturated heterocycles. The minimum absolute atomic E-state index is 0.0953. The molecule has 8 nitrogen and oxygen atoms in total. The zero-order valence-corrected chi connectivity index (χ0v) is 30.7. The summed E-state index contributed by atoms with van der Waals surface area (Å²) in [6, 6.07) is 0. The van der Waals surface area contributed by atoms with E-state index in [0.29, 0.717) is 13.0 Å². The molecule has 0 bridgehead atoms. The van der Waals surface area contributed by atoms with Crippen LogP contribution in [-0.2, 0) is 27.9 Å². The molecule has 9 heteroatoms. The van der Waals surface area contributed by atoms with Gasteiger partial charge in [0.2, 0.25) is 0 Å². The van der Waals surface area contributed by atoms with Crippen molar-refractivity contribution in [1.82, 2.24) is 0 Å². The van der Waals surface area contributed by atoms with Gasteiger partial charge in [0.05, 0.1) is 19.8 Å². The highest BCUT2D eigenvalue weighted by Gasteiger charge is 2.25. The molecule has 0 aromatic heterocycles. The fourth-order valence-corrected chi connectivity index (χ4v) is 5.85. The quantitative estimate of drug-likeness (QED) is 0.0292. The van der Waals surface area contributed by atoms with E-state index < -0.39 is 13.9 Å². The maximum absolute atomic E-state index is 12.4. The Labute approximate surface area is 283 Å². The number of phosphoric ester groups is 1. The average molecular weight is 674 g/mol. The molecule has 0 rings (SSSR count). The highest BCUT2D eigenvalue weighted by molar-refractivity contribution is 7.47. The Hall–Kier alpha value is -1.02. The van der Waals surface area contributed by atoms with Crippen molar-refractivity contribution in [2.45, 2.75) is 174 Å². The maximum Gasteiger partial charge on any atom is 0.472 e. The van der Waals surface area contributed by atoms with E-state index in [4.69, 9.17) is 24.3 Å². The van der Waals surface area contributed by atoms with Crippen LogP contribution in [0.4, 0.5) is 0 Å². The van der Waals surface area contributed by atoms with Crippen LogP contribution < -0.4 is 5.73 Å². The molecule has 0 aliphatic carbocycles. The van der Waals surface area contributed by atoms with Gasteiger partial charge >= 0.3 is 13.8 Å². The molecule has 2 unspecified atom stereocenters. The average Bonchev–Trinajstić information content (AvgIpc) is 3.04. The van der Waals surface area contributed by atoms with E-state index in [-0.39, 0.29) is 32.3 Å². The number of rotatable bonds is 36. The zero-order chi connectivity index (χ0) is 33.8. The van der Waals surface area contributed by atoms with E-state index >= 15 is 0 Å². The predicted molar refractivity (Wildman–Crippen MR) is 192 cm³/mol. The van der Waals surface area contributed by atoms with E-state index in [1.54, 1.807) is 0 Å². The second-order valence-electron chi connectivity index (χ2n) is 12.4. The first-order chi connectivity index (χ1) is 22.4. The van der Waals surface area contributed by atoms with Crippen molar-refractivity contribution in [3.8, 4) is 0 Å². The van der Waals surface area contributed by atoms with Gasteiger partial charge in [-0.05, 0) is 44.9 Å². The maximum atomic E-state index is 12.4. The number of hydrogen-bond acceptors (Lipinski definition) is 7. The van der Waals surface area contributed by atoms with Gasteiger partial charge in [-0.1, -0.05) is 141 Å². The molecule has 0 aromatic carbocycles.